The van der Waals surface area contributed by atoms with Gasteiger partial charge in [-0.25, -0.2) is 4.79 Å². The SMILES string of the molecule is Br.O=C(O)O.[CaH2]. The van der Waals surface area contributed by atoms with Crippen molar-refractivity contribution in [2.75, 3.05) is 0 Å². The Bertz CT molecular complexity index is 33.8. The van der Waals surface area contributed by atoms with Gasteiger partial charge < -0.3 is 10.2 Å². The van der Waals surface area contributed by atoms with Crippen LogP contribution in [0.15, 0.2) is 0 Å². The standard InChI is InChI=1S/CH2O3.BrH.Ca.2H/c2-1(3)4;;;;/h(H2,2,3,4);1H;;;. The summed E-state index contributed by atoms with van der Waals surface area (Å²) in [5.41, 5.74) is 0. The Balaban J connectivity index is -0.0000000450. The molecule has 0 heterocycles. The molecule has 0 spiro atoms. The number of halogens is 1. The topological polar surface area (TPSA) is 57.5 Å². The van der Waals surface area contributed by atoms with Crippen LogP contribution in [0.4, 0.5) is 4.79 Å². The molecule has 0 saturated heterocycles. The van der Waals surface area contributed by atoms with Crippen LogP contribution in [0.5, 0.6) is 0 Å². The zero-order chi connectivity index (χ0) is 3.58. The van der Waals surface area contributed by atoms with Crippen LogP contribution >= 0.6 is 17.0 Å². The minimum atomic E-state index is -1.83. The van der Waals surface area contributed by atoms with Gasteiger partial charge in [-0.3, -0.25) is 0 Å². The van der Waals surface area contributed by atoms with Crippen LogP contribution in [0.25, 0.3) is 0 Å². The van der Waals surface area contributed by atoms with Gasteiger partial charge in [0.1, 0.15) is 0 Å². The molecule has 5 heteroatoms. The van der Waals surface area contributed by atoms with Crippen molar-refractivity contribution in [3.05, 3.63) is 0 Å². The van der Waals surface area contributed by atoms with Crippen molar-refractivity contribution < 1.29 is 15.0 Å². The quantitative estimate of drug-likeness (QED) is 0.517. The molecule has 0 radical (unpaired) electrons. The minimum absolute atomic E-state index is 0. The van der Waals surface area contributed by atoms with Crippen LogP contribution in [-0.2, 0) is 0 Å². The molecule has 0 unspecified atom stereocenters. The van der Waals surface area contributed by atoms with Crippen molar-refractivity contribution >= 4 is 60.9 Å². The molecule has 0 rings (SSSR count). The van der Waals surface area contributed by atoms with E-state index in [-0.39, 0.29) is 54.7 Å². The van der Waals surface area contributed by atoms with Crippen molar-refractivity contribution in [2.24, 2.45) is 0 Å². The number of hydrogen-bond acceptors (Lipinski definition) is 1. The summed E-state index contributed by atoms with van der Waals surface area (Å²) in [7, 11) is 0. The molecule has 0 atom stereocenters. The Hall–Kier alpha value is 1.01. The summed E-state index contributed by atoms with van der Waals surface area (Å²) in [6, 6.07) is 0. The second kappa shape index (κ2) is 9.38. The Labute approximate surface area is 75.1 Å². The summed E-state index contributed by atoms with van der Waals surface area (Å²) in [6.45, 7) is 0. The predicted molar refractivity (Wildman–Crippen MR) is 29.5 cm³/mol. The van der Waals surface area contributed by atoms with Gasteiger partial charge in [-0.15, -0.1) is 17.0 Å². The van der Waals surface area contributed by atoms with Crippen LogP contribution < -0.4 is 0 Å². The van der Waals surface area contributed by atoms with E-state index in [0.717, 1.165) is 0 Å². The van der Waals surface area contributed by atoms with Gasteiger partial charge in [-0.05, 0) is 0 Å². The van der Waals surface area contributed by atoms with Gasteiger partial charge in [-0.1, -0.05) is 0 Å². The number of rotatable bonds is 0. The molecule has 0 bridgehead atoms. The molecule has 2 N–H and O–H groups in total. The summed E-state index contributed by atoms with van der Waals surface area (Å²) in [5.74, 6) is 0. The first-order valence-electron chi connectivity index (χ1n) is 0.651. The summed E-state index contributed by atoms with van der Waals surface area (Å²) in [4.78, 5) is 8.56. The monoisotopic (exact) mass is 184 g/mol. The van der Waals surface area contributed by atoms with Gasteiger partial charge >= 0.3 is 43.9 Å². The van der Waals surface area contributed by atoms with Gasteiger partial charge in [0.25, 0.3) is 0 Å². The molecule has 0 saturated carbocycles. The van der Waals surface area contributed by atoms with Crippen LogP contribution in [0.3, 0.4) is 0 Å². The van der Waals surface area contributed by atoms with Crippen molar-refractivity contribution in [2.45, 2.75) is 0 Å². The zero-order valence-corrected chi connectivity index (χ0v) is 3.92. The molecule has 0 aliphatic carbocycles. The Morgan fingerprint density at radius 3 is 1.33 bits per heavy atom. The first-order chi connectivity index (χ1) is 1.73. The third-order valence-corrected chi connectivity index (χ3v) is 0. The maximum absolute atomic E-state index is 8.56. The van der Waals surface area contributed by atoms with Crippen LogP contribution in [0.1, 0.15) is 0 Å². The van der Waals surface area contributed by atoms with Crippen LogP contribution in [-0.4, -0.2) is 54.1 Å². The second-order valence-corrected chi connectivity index (χ2v) is 0.283. The first kappa shape index (κ1) is 15.7. The zero-order valence-electron chi connectivity index (χ0n) is 2.21. The van der Waals surface area contributed by atoms with Crippen molar-refractivity contribution in [1.29, 1.82) is 0 Å². The number of hydrogen-bond donors (Lipinski definition) is 2. The van der Waals surface area contributed by atoms with E-state index in [0.29, 0.717) is 0 Å². The van der Waals surface area contributed by atoms with Crippen molar-refractivity contribution in [1.82, 2.24) is 0 Å². The summed E-state index contributed by atoms with van der Waals surface area (Å²) >= 11 is 0. The number of carbonyl (C=O) groups is 1. The third kappa shape index (κ3) is 79.0. The van der Waals surface area contributed by atoms with Gasteiger partial charge in [0, 0.05) is 0 Å². The van der Waals surface area contributed by atoms with E-state index in [4.69, 9.17) is 15.0 Å². The molecule has 3 nitrogen and oxygen atoms in total. The van der Waals surface area contributed by atoms with Crippen LogP contribution in [0, 0.1) is 0 Å². The summed E-state index contributed by atoms with van der Waals surface area (Å²) < 4.78 is 0. The molecular formula is CH5BrCaO3. The number of carboxylic acid groups (broad SMARTS) is 2. The average molecular weight is 185 g/mol. The fourth-order valence-corrected chi connectivity index (χ4v) is 0. The van der Waals surface area contributed by atoms with E-state index in [1.54, 1.807) is 0 Å². The normalized spacial score (nSPS) is 4.00. The third-order valence-electron chi connectivity index (χ3n) is 0. The molecule has 0 aromatic rings. The van der Waals surface area contributed by atoms with E-state index < -0.39 is 6.16 Å². The Morgan fingerprint density at radius 2 is 1.33 bits per heavy atom. The van der Waals surface area contributed by atoms with Gasteiger partial charge in [0.15, 0.2) is 0 Å². The maximum atomic E-state index is 8.56. The van der Waals surface area contributed by atoms with E-state index in [2.05, 4.69) is 0 Å². The Kier molecular flexibility index (Phi) is 24.6. The van der Waals surface area contributed by atoms with E-state index in [9.17, 15) is 0 Å². The second-order valence-electron chi connectivity index (χ2n) is 0.283. The molecule has 0 aromatic heterocycles. The average Bonchev–Trinajstić information content (AvgIpc) is 0.811. The molecule has 0 fully saturated rings. The molecular weight excluding hydrogens is 180 g/mol. The Morgan fingerprint density at radius 1 is 1.33 bits per heavy atom. The van der Waals surface area contributed by atoms with Crippen molar-refractivity contribution in [3.63, 3.8) is 0 Å². The van der Waals surface area contributed by atoms with Crippen LogP contribution in [0.2, 0.25) is 0 Å². The molecule has 0 amide bonds. The predicted octanol–water partition coefficient (Wildman–Crippen LogP) is -0.116. The van der Waals surface area contributed by atoms with E-state index >= 15 is 0 Å². The summed E-state index contributed by atoms with van der Waals surface area (Å²) in [6.07, 6.45) is -1.83. The van der Waals surface area contributed by atoms with Crippen molar-refractivity contribution in [3.8, 4) is 0 Å². The molecule has 36 valence electrons. The van der Waals surface area contributed by atoms with Gasteiger partial charge in [0.05, 0.1) is 0 Å². The molecule has 0 aromatic carbocycles. The first-order valence-corrected chi connectivity index (χ1v) is 0.651. The summed E-state index contributed by atoms with van der Waals surface area (Å²) in [5, 5.41) is 13.9. The fraction of sp³-hybridized carbons (Fsp3) is 0. The molecule has 6 heavy (non-hydrogen) atoms. The van der Waals surface area contributed by atoms with E-state index in [1.165, 1.54) is 0 Å². The fourth-order valence-electron chi connectivity index (χ4n) is 0. The molecule has 0 aliphatic rings. The van der Waals surface area contributed by atoms with E-state index in [1.807, 2.05) is 0 Å². The van der Waals surface area contributed by atoms with Gasteiger partial charge in [-0.2, -0.15) is 0 Å². The van der Waals surface area contributed by atoms with Gasteiger partial charge in [0.2, 0.25) is 0 Å². The molecule has 0 aliphatic heterocycles.